The van der Waals surface area contributed by atoms with Gasteiger partial charge in [0.15, 0.2) is 0 Å². The molecule has 2 N–H and O–H groups in total. The van der Waals surface area contributed by atoms with Crippen molar-refractivity contribution >= 4 is 0 Å². The average molecular weight is 289 g/mol. The number of rotatable bonds is 5. The fourth-order valence-corrected chi connectivity index (χ4v) is 2.35. The van der Waals surface area contributed by atoms with Gasteiger partial charge in [-0.25, -0.2) is 0 Å². The second kappa shape index (κ2) is 6.01. The molecule has 1 atom stereocenters. The number of alkyl halides is 3. The van der Waals surface area contributed by atoms with Gasteiger partial charge in [-0.3, -0.25) is 0 Å². The Labute approximate surface area is 115 Å². The van der Waals surface area contributed by atoms with Crippen LogP contribution in [0.15, 0.2) is 24.3 Å². The molecule has 6 heteroatoms. The number of para-hydroxylation sites is 1. The van der Waals surface area contributed by atoms with Gasteiger partial charge in [0.2, 0.25) is 0 Å². The molecule has 3 nitrogen and oxygen atoms in total. The Morgan fingerprint density at radius 3 is 2.75 bits per heavy atom. The summed E-state index contributed by atoms with van der Waals surface area (Å²) in [6, 6.07) is 7.64. The molecule has 0 fully saturated rings. The van der Waals surface area contributed by atoms with Gasteiger partial charge < -0.3 is 15.2 Å². The lowest BCUT2D eigenvalue weighted by atomic mass is 9.78. The maximum atomic E-state index is 12.0. The molecule has 0 amide bonds. The summed E-state index contributed by atoms with van der Waals surface area (Å²) in [6.07, 6.45) is -3.13. The number of halogens is 3. The highest BCUT2D eigenvalue weighted by Crippen LogP contribution is 2.36. The van der Waals surface area contributed by atoms with Crippen LogP contribution in [0, 0.1) is 5.41 Å². The van der Waals surface area contributed by atoms with E-state index in [1.165, 1.54) is 0 Å². The molecule has 0 bridgehead atoms. The van der Waals surface area contributed by atoms with Crippen molar-refractivity contribution in [1.29, 1.82) is 0 Å². The maximum Gasteiger partial charge on any atom is 0.411 e. The summed E-state index contributed by atoms with van der Waals surface area (Å²) in [5.41, 5.74) is 6.50. The van der Waals surface area contributed by atoms with Gasteiger partial charge in [-0.15, -0.1) is 0 Å². The van der Waals surface area contributed by atoms with Gasteiger partial charge in [0.25, 0.3) is 0 Å². The number of hydrogen-bond acceptors (Lipinski definition) is 3. The van der Waals surface area contributed by atoms with Crippen molar-refractivity contribution < 1.29 is 22.6 Å². The maximum absolute atomic E-state index is 12.0. The topological polar surface area (TPSA) is 44.5 Å². The van der Waals surface area contributed by atoms with E-state index < -0.39 is 12.8 Å². The zero-order valence-corrected chi connectivity index (χ0v) is 11.1. The number of hydrogen-bond donors (Lipinski definition) is 1. The van der Waals surface area contributed by atoms with Gasteiger partial charge in [-0.05, 0) is 24.5 Å². The molecule has 1 aliphatic heterocycles. The van der Waals surface area contributed by atoms with Crippen LogP contribution in [0.5, 0.6) is 5.75 Å². The summed E-state index contributed by atoms with van der Waals surface area (Å²) in [6.45, 7) is -0.417. The molecule has 1 aromatic carbocycles. The van der Waals surface area contributed by atoms with Gasteiger partial charge in [0, 0.05) is 18.6 Å². The summed E-state index contributed by atoms with van der Waals surface area (Å²) in [5, 5.41) is 0. The van der Waals surface area contributed by atoms with Crippen molar-refractivity contribution in [3.8, 4) is 5.75 Å². The molecule has 2 rings (SSSR count). The Bertz CT molecular complexity index is 450. The Morgan fingerprint density at radius 1 is 1.30 bits per heavy atom. The first-order valence-corrected chi connectivity index (χ1v) is 6.49. The smallest absolute Gasteiger partial charge is 0.411 e. The minimum Gasteiger partial charge on any atom is -0.493 e. The van der Waals surface area contributed by atoms with Crippen LogP contribution in [0.2, 0.25) is 0 Å². The molecule has 0 aromatic heterocycles. The van der Waals surface area contributed by atoms with E-state index in [-0.39, 0.29) is 12.0 Å². The normalized spacial score (nSPS) is 22.2. The third-order valence-electron chi connectivity index (χ3n) is 3.55. The number of nitrogens with two attached hydrogens (primary N) is 1. The molecule has 1 aliphatic rings. The van der Waals surface area contributed by atoms with E-state index in [4.69, 9.17) is 10.5 Å². The highest BCUT2D eigenvalue weighted by molar-refractivity contribution is 5.36. The van der Waals surface area contributed by atoms with E-state index in [2.05, 4.69) is 4.74 Å². The van der Waals surface area contributed by atoms with Crippen LogP contribution in [0.4, 0.5) is 13.2 Å². The van der Waals surface area contributed by atoms with E-state index in [1.807, 2.05) is 24.3 Å². The van der Waals surface area contributed by atoms with Gasteiger partial charge >= 0.3 is 6.18 Å². The summed E-state index contributed by atoms with van der Waals surface area (Å²) in [4.78, 5) is 0. The van der Waals surface area contributed by atoms with Crippen LogP contribution in [0.25, 0.3) is 0 Å². The van der Waals surface area contributed by atoms with Crippen molar-refractivity contribution in [2.45, 2.75) is 19.0 Å². The van der Waals surface area contributed by atoms with Crippen molar-refractivity contribution in [1.82, 2.24) is 0 Å². The Morgan fingerprint density at radius 2 is 2.05 bits per heavy atom. The van der Waals surface area contributed by atoms with E-state index in [0.29, 0.717) is 26.0 Å². The van der Waals surface area contributed by atoms with Crippen LogP contribution in [0.1, 0.15) is 12.0 Å². The standard InChI is InChI=1S/C14H18F3NO2/c15-14(16,17)10-19-6-5-13(8-18)7-11-3-1-2-4-12(11)20-9-13/h1-4H,5-10,18H2. The minimum absolute atomic E-state index is 0.0300. The molecule has 1 heterocycles. The molecule has 0 spiro atoms. The summed E-state index contributed by atoms with van der Waals surface area (Å²) >= 11 is 0. The Balaban J connectivity index is 1.91. The molecule has 0 saturated heterocycles. The Hall–Kier alpha value is -1.27. The fraction of sp³-hybridized carbons (Fsp3) is 0.571. The highest BCUT2D eigenvalue weighted by atomic mass is 19.4. The predicted octanol–water partition coefficient (Wildman–Crippen LogP) is 2.54. The third-order valence-corrected chi connectivity index (χ3v) is 3.55. The van der Waals surface area contributed by atoms with E-state index in [9.17, 15) is 13.2 Å². The molecule has 1 unspecified atom stereocenters. The van der Waals surface area contributed by atoms with Crippen LogP contribution in [-0.2, 0) is 11.2 Å². The van der Waals surface area contributed by atoms with Crippen molar-refractivity contribution in [2.24, 2.45) is 11.1 Å². The molecule has 0 radical (unpaired) electrons. The second-order valence-electron chi connectivity index (χ2n) is 5.20. The van der Waals surface area contributed by atoms with Crippen molar-refractivity contribution in [3.63, 3.8) is 0 Å². The molecule has 112 valence electrons. The Kier molecular flexibility index (Phi) is 4.55. The van der Waals surface area contributed by atoms with Crippen LogP contribution in [-0.4, -0.2) is 32.5 Å². The van der Waals surface area contributed by atoms with Gasteiger partial charge in [-0.2, -0.15) is 13.2 Å². The van der Waals surface area contributed by atoms with E-state index in [0.717, 1.165) is 11.3 Å². The molecular weight excluding hydrogens is 271 g/mol. The third kappa shape index (κ3) is 3.86. The highest BCUT2D eigenvalue weighted by Gasteiger charge is 2.35. The lowest BCUT2D eigenvalue weighted by Gasteiger charge is -2.37. The quantitative estimate of drug-likeness (QED) is 0.847. The average Bonchev–Trinajstić information content (AvgIpc) is 2.42. The van der Waals surface area contributed by atoms with Gasteiger partial charge in [0.1, 0.15) is 12.4 Å². The monoisotopic (exact) mass is 289 g/mol. The van der Waals surface area contributed by atoms with Gasteiger partial charge in [0.05, 0.1) is 6.61 Å². The number of ether oxygens (including phenoxy) is 2. The van der Waals surface area contributed by atoms with Gasteiger partial charge in [-0.1, -0.05) is 18.2 Å². The largest absolute Gasteiger partial charge is 0.493 e. The minimum atomic E-state index is -4.29. The lowest BCUT2D eigenvalue weighted by molar-refractivity contribution is -0.175. The first-order chi connectivity index (χ1) is 9.44. The number of fused-ring (bicyclic) bond motifs is 1. The molecular formula is C14H18F3NO2. The number of benzene rings is 1. The molecule has 1 aromatic rings. The van der Waals surface area contributed by atoms with Crippen LogP contribution in [0.3, 0.4) is 0 Å². The first-order valence-electron chi connectivity index (χ1n) is 6.49. The zero-order chi connectivity index (χ0) is 14.6. The van der Waals surface area contributed by atoms with E-state index in [1.54, 1.807) is 0 Å². The van der Waals surface area contributed by atoms with E-state index >= 15 is 0 Å². The first kappa shape index (κ1) is 15.1. The second-order valence-corrected chi connectivity index (χ2v) is 5.20. The molecule has 0 saturated carbocycles. The predicted molar refractivity (Wildman–Crippen MR) is 68.6 cm³/mol. The molecule has 20 heavy (non-hydrogen) atoms. The van der Waals surface area contributed by atoms with Crippen LogP contribution < -0.4 is 10.5 Å². The summed E-state index contributed by atoms with van der Waals surface area (Å²) < 4.78 is 46.4. The summed E-state index contributed by atoms with van der Waals surface area (Å²) in [5.74, 6) is 0.827. The van der Waals surface area contributed by atoms with Crippen LogP contribution >= 0.6 is 0 Å². The van der Waals surface area contributed by atoms with Crippen molar-refractivity contribution in [3.05, 3.63) is 29.8 Å². The SMILES string of the molecule is NCC1(CCOCC(F)(F)F)COc2ccccc2C1. The fourth-order valence-electron chi connectivity index (χ4n) is 2.35. The lowest BCUT2D eigenvalue weighted by Crippen LogP contribution is -2.42. The van der Waals surface area contributed by atoms with Crippen molar-refractivity contribution in [2.75, 3.05) is 26.4 Å². The molecule has 0 aliphatic carbocycles. The summed E-state index contributed by atoms with van der Waals surface area (Å²) in [7, 11) is 0. The zero-order valence-electron chi connectivity index (χ0n) is 11.1.